The SMILES string of the molecule is C[C@@H](c1ccc(C#N)cc1)[C@@H](NC(=O)OC(C)(C)C)C(=O)N1CCN(C)CC1. The van der Waals surface area contributed by atoms with Gasteiger partial charge in [0.05, 0.1) is 11.6 Å². The van der Waals surface area contributed by atoms with Crippen LogP contribution in [0.1, 0.15) is 44.7 Å². The zero-order valence-corrected chi connectivity index (χ0v) is 17.4. The number of rotatable bonds is 4. The average Bonchev–Trinajstić information content (AvgIpc) is 2.64. The molecule has 7 heteroatoms. The molecule has 1 heterocycles. The first-order valence-corrected chi connectivity index (χ1v) is 9.57. The van der Waals surface area contributed by atoms with Gasteiger partial charge < -0.3 is 19.9 Å². The zero-order valence-electron chi connectivity index (χ0n) is 17.4. The van der Waals surface area contributed by atoms with Crippen LogP contribution in [0.15, 0.2) is 24.3 Å². The summed E-state index contributed by atoms with van der Waals surface area (Å²) in [7, 11) is 2.03. The van der Waals surface area contributed by atoms with E-state index in [1.165, 1.54) is 0 Å². The molecule has 2 atom stereocenters. The van der Waals surface area contributed by atoms with Crippen LogP contribution in [0.4, 0.5) is 4.79 Å². The molecule has 1 aromatic rings. The highest BCUT2D eigenvalue weighted by Gasteiger charge is 2.34. The lowest BCUT2D eigenvalue weighted by molar-refractivity contribution is -0.135. The number of likely N-dealkylation sites (N-methyl/N-ethyl adjacent to an activating group) is 1. The summed E-state index contributed by atoms with van der Waals surface area (Å²) in [5, 5.41) is 11.8. The quantitative estimate of drug-likeness (QED) is 0.858. The summed E-state index contributed by atoms with van der Waals surface area (Å²) in [4.78, 5) is 29.6. The van der Waals surface area contributed by atoms with Crippen molar-refractivity contribution in [1.82, 2.24) is 15.1 Å². The fourth-order valence-corrected chi connectivity index (χ4v) is 3.11. The summed E-state index contributed by atoms with van der Waals surface area (Å²) in [5.74, 6) is -0.386. The molecule has 0 unspecified atom stereocenters. The highest BCUT2D eigenvalue weighted by atomic mass is 16.6. The first-order valence-electron chi connectivity index (χ1n) is 9.57. The monoisotopic (exact) mass is 386 g/mol. The van der Waals surface area contributed by atoms with E-state index in [1.807, 2.05) is 26.1 Å². The molecule has 1 aliphatic rings. The highest BCUT2D eigenvalue weighted by Crippen LogP contribution is 2.22. The first kappa shape index (κ1) is 21.7. The third-order valence-electron chi connectivity index (χ3n) is 4.82. The van der Waals surface area contributed by atoms with Crippen LogP contribution in [0.3, 0.4) is 0 Å². The maximum absolute atomic E-state index is 13.2. The number of amides is 2. The zero-order chi connectivity index (χ0) is 20.9. The highest BCUT2D eigenvalue weighted by molar-refractivity contribution is 5.87. The topological polar surface area (TPSA) is 85.7 Å². The Bertz CT molecular complexity index is 726. The van der Waals surface area contributed by atoms with Crippen molar-refractivity contribution in [3.8, 4) is 6.07 Å². The Morgan fingerprint density at radius 2 is 1.71 bits per heavy atom. The van der Waals surface area contributed by atoms with Crippen LogP contribution in [0.25, 0.3) is 0 Å². The molecular weight excluding hydrogens is 356 g/mol. The summed E-state index contributed by atoms with van der Waals surface area (Å²) in [6.45, 7) is 10.1. The fourth-order valence-electron chi connectivity index (χ4n) is 3.11. The van der Waals surface area contributed by atoms with Gasteiger partial charge >= 0.3 is 6.09 Å². The maximum atomic E-state index is 13.2. The number of carbonyl (C=O) groups excluding carboxylic acids is 2. The number of ether oxygens (including phenoxy) is 1. The number of hydrogen-bond acceptors (Lipinski definition) is 5. The number of nitrogens with zero attached hydrogens (tertiary/aromatic N) is 3. The Morgan fingerprint density at radius 3 is 2.21 bits per heavy atom. The molecule has 1 aliphatic heterocycles. The summed E-state index contributed by atoms with van der Waals surface area (Å²) < 4.78 is 5.37. The van der Waals surface area contributed by atoms with E-state index in [0.717, 1.165) is 18.7 Å². The van der Waals surface area contributed by atoms with Crippen molar-refractivity contribution in [3.05, 3.63) is 35.4 Å². The van der Waals surface area contributed by atoms with Crippen LogP contribution in [-0.2, 0) is 9.53 Å². The number of alkyl carbamates (subject to hydrolysis) is 1. The van der Waals surface area contributed by atoms with Gasteiger partial charge in [-0.1, -0.05) is 19.1 Å². The molecule has 152 valence electrons. The van der Waals surface area contributed by atoms with Gasteiger partial charge in [0.1, 0.15) is 11.6 Å². The number of benzene rings is 1. The van der Waals surface area contributed by atoms with E-state index >= 15 is 0 Å². The molecule has 0 aromatic heterocycles. The van der Waals surface area contributed by atoms with Gasteiger partial charge in [-0.05, 0) is 45.5 Å². The van der Waals surface area contributed by atoms with E-state index in [-0.39, 0.29) is 11.8 Å². The molecule has 0 radical (unpaired) electrons. The first-order chi connectivity index (χ1) is 13.1. The van der Waals surface area contributed by atoms with E-state index in [1.54, 1.807) is 37.8 Å². The van der Waals surface area contributed by atoms with Gasteiger partial charge in [-0.3, -0.25) is 4.79 Å². The fraction of sp³-hybridized carbons (Fsp3) is 0.571. The molecule has 0 bridgehead atoms. The average molecular weight is 386 g/mol. The second-order valence-electron chi connectivity index (χ2n) is 8.27. The standard InChI is InChI=1S/C21H30N4O3/c1-15(17-8-6-16(14-22)7-9-17)18(23-20(27)28-21(2,3)4)19(26)25-12-10-24(5)11-13-25/h6-9,15,18H,10-13H2,1-5H3,(H,23,27)/t15-,18+/m0/s1. The lowest BCUT2D eigenvalue weighted by atomic mass is 9.91. The van der Waals surface area contributed by atoms with E-state index < -0.39 is 17.7 Å². The van der Waals surface area contributed by atoms with Gasteiger partial charge in [-0.25, -0.2) is 4.79 Å². The Kier molecular flexibility index (Phi) is 7.03. The Hall–Kier alpha value is -2.59. The summed E-state index contributed by atoms with van der Waals surface area (Å²) in [5.41, 5.74) is 0.781. The van der Waals surface area contributed by atoms with E-state index in [2.05, 4.69) is 16.3 Å². The van der Waals surface area contributed by atoms with Crippen molar-refractivity contribution in [2.24, 2.45) is 0 Å². The lowest BCUT2D eigenvalue weighted by Crippen LogP contribution is -2.56. The molecule has 2 rings (SSSR count). The van der Waals surface area contributed by atoms with Crippen molar-refractivity contribution in [1.29, 1.82) is 5.26 Å². The van der Waals surface area contributed by atoms with Crippen LogP contribution in [0, 0.1) is 11.3 Å². The molecule has 1 N–H and O–H groups in total. The third-order valence-corrected chi connectivity index (χ3v) is 4.82. The summed E-state index contributed by atoms with van der Waals surface area (Å²) in [6.07, 6.45) is -0.611. The summed E-state index contributed by atoms with van der Waals surface area (Å²) >= 11 is 0. The minimum absolute atomic E-state index is 0.115. The van der Waals surface area contributed by atoms with Gasteiger partial charge in [0, 0.05) is 32.1 Å². The minimum atomic E-state index is -0.744. The van der Waals surface area contributed by atoms with Crippen molar-refractivity contribution in [3.63, 3.8) is 0 Å². The third kappa shape index (κ3) is 5.96. The smallest absolute Gasteiger partial charge is 0.408 e. The number of nitriles is 1. The molecule has 1 fully saturated rings. The van der Waals surface area contributed by atoms with Gasteiger partial charge in [0.15, 0.2) is 0 Å². The molecule has 0 aliphatic carbocycles. The van der Waals surface area contributed by atoms with E-state index in [0.29, 0.717) is 18.7 Å². The van der Waals surface area contributed by atoms with Crippen LogP contribution in [0.2, 0.25) is 0 Å². The lowest BCUT2D eigenvalue weighted by Gasteiger charge is -2.36. The molecule has 1 aromatic carbocycles. The van der Waals surface area contributed by atoms with Gasteiger partial charge in [-0.2, -0.15) is 5.26 Å². The molecule has 1 saturated heterocycles. The molecule has 28 heavy (non-hydrogen) atoms. The van der Waals surface area contributed by atoms with Crippen molar-refractivity contribution < 1.29 is 14.3 Å². The van der Waals surface area contributed by atoms with Crippen LogP contribution < -0.4 is 5.32 Å². The van der Waals surface area contributed by atoms with Crippen LogP contribution >= 0.6 is 0 Å². The predicted octanol–water partition coefficient (Wildman–Crippen LogP) is 2.33. The maximum Gasteiger partial charge on any atom is 0.408 e. The van der Waals surface area contributed by atoms with Crippen molar-refractivity contribution >= 4 is 12.0 Å². The number of nitrogens with one attached hydrogen (secondary N) is 1. The van der Waals surface area contributed by atoms with Crippen LogP contribution in [0.5, 0.6) is 0 Å². The van der Waals surface area contributed by atoms with Crippen LogP contribution in [-0.4, -0.2) is 66.7 Å². The van der Waals surface area contributed by atoms with E-state index in [4.69, 9.17) is 10.00 Å². The molecule has 2 amide bonds. The predicted molar refractivity (Wildman–Crippen MR) is 107 cm³/mol. The molecule has 0 saturated carbocycles. The molecule has 0 spiro atoms. The van der Waals surface area contributed by atoms with Gasteiger partial charge in [0.2, 0.25) is 5.91 Å². The second kappa shape index (κ2) is 9.07. The molecule has 7 nitrogen and oxygen atoms in total. The van der Waals surface area contributed by atoms with Gasteiger partial charge in [-0.15, -0.1) is 0 Å². The Balaban J connectivity index is 2.22. The summed E-state index contributed by atoms with van der Waals surface area (Å²) in [6, 6.07) is 8.43. The number of hydrogen-bond donors (Lipinski definition) is 1. The molecular formula is C21H30N4O3. The van der Waals surface area contributed by atoms with Crippen molar-refractivity contribution in [2.75, 3.05) is 33.2 Å². The Morgan fingerprint density at radius 1 is 1.14 bits per heavy atom. The van der Waals surface area contributed by atoms with Gasteiger partial charge in [0.25, 0.3) is 0 Å². The van der Waals surface area contributed by atoms with E-state index in [9.17, 15) is 9.59 Å². The normalized spacial score (nSPS) is 17.4. The minimum Gasteiger partial charge on any atom is -0.444 e. The number of piperazine rings is 1. The Labute approximate surface area is 167 Å². The number of carbonyl (C=O) groups is 2. The second-order valence-corrected chi connectivity index (χ2v) is 8.27. The largest absolute Gasteiger partial charge is 0.444 e. The van der Waals surface area contributed by atoms with Crippen molar-refractivity contribution in [2.45, 2.75) is 45.3 Å².